The number of nitrogens with zero attached hydrogens (tertiary/aromatic N) is 1. The van der Waals surface area contributed by atoms with Crippen LogP contribution in [0.25, 0.3) is 0 Å². The zero-order valence-electron chi connectivity index (χ0n) is 16.5. The maximum atomic E-state index is 12.5. The summed E-state index contributed by atoms with van der Waals surface area (Å²) in [6.07, 6.45) is 12.0. The highest BCUT2D eigenvalue weighted by atomic mass is 32.2. The number of carbonyl (C=O) groups is 1. The van der Waals surface area contributed by atoms with Crippen LogP contribution >= 0.6 is 0 Å². The molecule has 0 aromatic heterocycles. The van der Waals surface area contributed by atoms with Gasteiger partial charge in [0.1, 0.15) is 0 Å². The molecule has 0 atom stereocenters. The zero-order chi connectivity index (χ0) is 19.8. The molecule has 1 aliphatic carbocycles. The zero-order valence-corrected chi connectivity index (χ0v) is 17.3. The first kappa shape index (κ1) is 20.9. The van der Waals surface area contributed by atoms with Crippen molar-refractivity contribution in [1.29, 1.82) is 0 Å². The molecule has 0 radical (unpaired) electrons. The number of benzene rings is 1. The van der Waals surface area contributed by atoms with Gasteiger partial charge in [-0.05, 0) is 69.2 Å². The molecule has 1 heterocycles. The van der Waals surface area contributed by atoms with Crippen molar-refractivity contribution in [2.45, 2.75) is 62.7 Å². The van der Waals surface area contributed by atoms with Gasteiger partial charge in [-0.2, -0.15) is 0 Å². The second-order valence-electron chi connectivity index (χ2n) is 7.61. The number of nitrogens with one attached hydrogen (secondary N) is 2. The van der Waals surface area contributed by atoms with Crippen molar-refractivity contribution >= 4 is 21.7 Å². The van der Waals surface area contributed by atoms with Gasteiger partial charge >= 0.3 is 6.03 Å². The van der Waals surface area contributed by atoms with Gasteiger partial charge in [-0.1, -0.05) is 24.5 Å². The molecule has 0 bridgehead atoms. The van der Waals surface area contributed by atoms with E-state index in [1.165, 1.54) is 31.3 Å². The molecule has 2 aliphatic rings. The first-order valence-corrected chi connectivity index (χ1v) is 11.9. The van der Waals surface area contributed by atoms with Gasteiger partial charge in [0.25, 0.3) is 0 Å². The van der Waals surface area contributed by atoms with Crippen molar-refractivity contribution in [3.63, 3.8) is 0 Å². The minimum absolute atomic E-state index is 0.114. The summed E-state index contributed by atoms with van der Waals surface area (Å²) in [6.45, 7) is 1.97. The summed E-state index contributed by atoms with van der Waals surface area (Å²) in [5.74, 6) is 0. The lowest BCUT2D eigenvalue weighted by Gasteiger charge is -2.20. The fourth-order valence-electron chi connectivity index (χ4n) is 3.75. The molecule has 1 saturated heterocycles. The minimum atomic E-state index is -3.53. The smallest absolute Gasteiger partial charge is 0.321 e. The lowest BCUT2D eigenvalue weighted by molar-refractivity contribution is 0.214. The van der Waals surface area contributed by atoms with Crippen LogP contribution in [0.5, 0.6) is 0 Å². The van der Waals surface area contributed by atoms with Crippen molar-refractivity contribution in [2.75, 3.05) is 25.0 Å². The van der Waals surface area contributed by atoms with Crippen LogP contribution in [0.15, 0.2) is 40.8 Å². The topological polar surface area (TPSA) is 78.5 Å². The van der Waals surface area contributed by atoms with E-state index >= 15 is 0 Å². The van der Waals surface area contributed by atoms with Gasteiger partial charge in [0.2, 0.25) is 10.0 Å². The van der Waals surface area contributed by atoms with Gasteiger partial charge in [-0.25, -0.2) is 17.9 Å². The van der Waals surface area contributed by atoms with Crippen molar-refractivity contribution in [3.8, 4) is 0 Å². The van der Waals surface area contributed by atoms with Crippen molar-refractivity contribution in [2.24, 2.45) is 0 Å². The SMILES string of the molecule is O=C(Nc1ccc(S(=O)(=O)NCCC2=CCCCC2)cc1)N1CCCCCC1. The third-order valence-corrected chi connectivity index (χ3v) is 6.91. The van der Waals surface area contributed by atoms with Gasteiger partial charge in [-0.15, -0.1) is 0 Å². The molecule has 154 valence electrons. The van der Waals surface area contributed by atoms with E-state index in [0.717, 1.165) is 45.2 Å². The predicted molar refractivity (Wildman–Crippen MR) is 112 cm³/mol. The average molecular weight is 406 g/mol. The second kappa shape index (κ2) is 10.1. The normalized spacial score (nSPS) is 18.3. The number of likely N-dealkylation sites (tertiary alicyclic amines) is 1. The average Bonchev–Trinajstić information content (AvgIpc) is 2.99. The molecule has 1 aliphatic heterocycles. The molecule has 6 nitrogen and oxygen atoms in total. The first-order valence-electron chi connectivity index (χ1n) is 10.4. The van der Waals surface area contributed by atoms with E-state index < -0.39 is 10.0 Å². The lowest BCUT2D eigenvalue weighted by Crippen LogP contribution is -2.35. The standard InChI is InChI=1S/C21H31N3O3S/c25-21(24-16-6-1-2-7-17-24)23-19-10-12-20(13-11-19)28(26,27)22-15-14-18-8-4-3-5-9-18/h8,10-13,22H,1-7,9,14-17H2,(H,23,25). The Labute approximate surface area is 168 Å². The maximum absolute atomic E-state index is 12.5. The summed E-state index contributed by atoms with van der Waals surface area (Å²) >= 11 is 0. The number of anilines is 1. The van der Waals surface area contributed by atoms with Gasteiger partial charge in [0.05, 0.1) is 4.90 Å². The lowest BCUT2D eigenvalue weighted by atomic mass is 9.97. The number of hydrogen-bond donors (Lipinski definition) is 2. The Bertz CT molecular complexity index is 780. The minimum Gasteiger partial charge on any atom is -0.325 e. The number of hydrogen-bond acceptors (Lipinski definition) is 3. The van der Waals surface area contributed by atoms with Crippen LogP contribution in [0.4, 0.5) is 10.5 Å². The Morgan fingerprint density at radius 3 is 2.32 bits per heavy atom. The molecule has 28 heavy (non-hydrogen) atoms. The van der Waals surface area contributed by atoms with Crippen LogP contribution in [-0.2, 0) is 10.0 Å². The predicted octanol–water partition coefficient (Wildman–Crippen LogP) is 4.26. The first-order chi connectivity index (χ1) is 13.5. The number of carbonyl (C=O) groups excluding carboxylic acids is 1. The summed E-state index contributed by atoms with van der Waals surface area (Å²) in [6, 6.07) is 6.26. The molecule has 2 N–H and O–H groups in total. The van der Waals surface area contributed by atoms with Crippen LogP contribution in [0.1, 0.15) is 57.8 Å². The van der Waals surface area contributed by atoms with Crippen molar-refractivity contribution < 1.29 is 13.2 Å². The van der Waals surface area contributed by atoms with Crippen molar-refractivity contribution in [3.05, 3.63) is 35.9 Å². The fourth-order valence-corrected chi connectivity index (χ4v) is 4.79. The number of sulfonamides is 1. The Balaban J connectivity index is 1.52. The maximum Gasteiger partial charge on any atom is 0.321 e. The molecule has 1 aromatic carbocycles. The van der Waals surface area contributed by atoms with E-state index in [1.807, 2.05) is 4.90 Å². The summed E-state index contributed by atoms with van der Waals surface area (Å²) < 4.78 is 27.6. The molecule has 1 fully saturated rings. The molecule has 0 saturated carbocycles. The Hall–Kier alpha value is -1.86. The van der Waals surface area contributed by atoms with E-state index in [1.54, 1.807) is 24.3 Å². The third kappa shape index (κ3) is 6.07. The monoisotopic (exact) mass is 405 g/mol. The van der Waals surface area contributed by atoms with E-state index in [4.69, 9.17) is 0 Å². The second-order valence-corrected chi connectivity index (χ2v) is 9.38. The Morgan fingerprint density at radius 2 is 1.68 bits per heavy atom. The number of urea groups is 1. The molecular formula is C21H31N3O3S. The fraction of sp³-hybridized carbons (Fsp3) is 0.571. The van der Waals surface area contributed by atoms with Gasteiger partial charge < -0.3 is 10.2 Å². The quantitative estimate of drug-likeness (QED) is 0.694. The van der Waals surface area contributed by atoms with Crippen LogP contribution < -0.4 is 10.0 Å². The summed E-state index contributed by atoms with van der Waals surface area (Å²) in [7, 11) is -3.53. The molecule has 7 heteroatoms. The van der Waals surface area contributed by atoms with Crippen LogP contribution in [0.2, 0.25) is 0 Å². The number of amides is 2. The van der Waals surface area contributed by atoms with Crippen LogP contribution in [0.3, 0.4) is 0 Å². The Morgan fingerprint density at radius 1 is 0.964 bits per heavy atom. The number of allylic oxidation sites excluding steroid dienone is 1. The third-order valence-electron chi connectivity index (χ3n) is 5.43. The van der Waals surface area contributed by atoms with Gasteiger partial charge in [0, 0.05) is 25.3 Å². The summed E-state index contributed by atoms with van der Waals surface area (Å²) in [5, 5.41) is 2.87. The highest BCUT2D eigenvalue weighted by Gasteiger charge is 2.17. The summed E-state index contributed by atoms with van der Waals surface area (Å²) in [5.41, 5.74) is 1.96. The van der Waals surface area contributed by atoms with Crippen molar-refractivity contribution in [1.82, 2.24) is 9.62 Å². The van der Waals surface area contributed by atoms with E-state index in [0.29, 0.717) is 12.2 Å². The number of rotatable bonds is 6. The van der Waals surface area contributed by atoms with Gasteiger partial charge in [-0.3, -0.25) is 0 Å². The molecule has 0 spiro atoms. The molecular weight excluding hydrogens is 374 g/mol. The molecule has 0 unspecified atom stereocenters. The van der Waals surface area contributed by atoms with Gasteiger partial charge in [0.15, 0.2) is 0 Å². The largest absolute Gasteiger partial charge is 0.325 e. The van der Waals surface area contributed by atoms with Crippen LogP contribution in [0, 0.1) is 0 Å². The highest BCUT2D eigenvalue weighted by molar-refractivity contribution is 7.89. The molecule has 3 rings (SSSR count). The van der Waals surface area contributed by atoms with E-state index in [-0.39, 0.29) is 10.9 Å². The summed E-state index contributed by atoms with van der Waals surface area (Å²) in [4.78, 5) is 14.4. The van der Waals surface area contributed by atoms with Crippen LogP contribution in [-0.4, -0.2) is 39.0 Å². The molecule has 1 aromatic rings. The van der Waals surface area contributed by atoms with E-state index in [2.05, 4.69) is 16.1 Å². The Kier molecular flexibility index (Phi) is 7.50. The highest BCUT2D eigenvalue weighted by Crippen LogP contribution is 2.20. The van der Waals surface area contributed by atoms with E-state index in [9.17, 15) is 13.2 Å². The molecule has 2 amide bonds.